The van der Waals surface area contributed by atoms with Crippen molar-refractivity contribution >= 4 is 40.9 Å². The second-order valence-electron chi connectivity index (χ2n) is 5.30. The summed E-state index contributed by atoms with van der Waals surface area (Å²) in [7, 11) is 0. The zero-order valence-electron chi connectivity index (χ0n) is 13.8. The van der Waals surface area contributed by atoms with Crippen molar-refractivity contribution < 1.29 is 19.4 Å². The number of hydrogen-bond donors (Lipinski definition) is 3. The molecule has 0 saturated heterocycles. The third kappa shape index (κ3) is 5.79. The summed E-state index contributed by atoms with van der Waals surface area (Å²) < 4.78 is 5.57. The number of pyridine rings is 1. The van der Waals surface area contributed by atoms with Gasteiger partial charge in [-0.3, -0.25) is 10.1 Å². The molecular formula is C17H17Cl2N3O4. The van der Waals surface area contributed by atoms with Gasteiger partial charge in [-0.05, 0) is 30.2 Å². The molecule has 7 nitrogen and oxygen atoms in total. The van der Waals surface area contributed by atoms with E-state index in [2.05, 4.69) is 15.6 Å². The highest BCUT2D eigenvalue weighted by Gasteiger charge is 2.20. The Bertz CT molecular complexity index is 801. The van der Waals surface area contributed by atoms with Crippen LogP contribution >= 0.6 is 23.2 Å². The molecule has 0 aliphatic rings. The van der Waals surface area contributed by atoms with E-state index in [0.29, 0.717) is 17.1 Å². The van der Waals surface area contributed by atoms with Crippen LogP contribution < -0.4 is 15.4 Å². The largest absolute Gasteiger partial charge is 0.465 e. The van der Waals surface area contributed by atoms with Crippen molar-refractivity contribution in [2.24, 2.45) is 0 Å². The van der Waals surface area contributed by atoms with E-state index in [-0.39, 0.29) is 23.4 Å². The number of nitrogens with one attached hydrogen (secondary N) is 2. The zero-order valence-corrected chi connectivity index (χ0v) is 15.3. The number of hydrogen-bond acceptors (Lipinski definition) is 4. The zero-order chi connectivity index (χ0) is 19.1. The molecule has 1 aromatic heterocycles. The second-order valence-corrected chi connectivity index (χ2v) is 6.15. The summed E-state index contributed by atoms with van der Waals surface area (Å²) in [5, 5.41) is 14.3. The molecule has 9 heteroatoms. The van der Waals surface area contributed by atoms with Crippen LogP contribution in [-0.2, 0) is 11.3 Å². The van der Waals surface area contributed by atoms with Crippen LogP contribution in [0, 0.1) is 0 Å². The predicted octanol–water partition coefficient (Wildman–Crippen LogP) is 3.95. The fraction of sp³-hybridized carbons (Fsp3) is 0.235. The molecule has 0 aliphatic heterocycles. The lowest BCUT2D eigenvalue weighted by Gasteiger charge is -2.17. The number of aromatic nitrogens is 1. The number of nitrogens with zero attached hydrogens (tertiary/aromatic N) is 1. The number of rotatable bonds is 7. The van der Waals surface area contributed by atoms with Gasteiger partial charge in [0.2, 0.25) is 5.88 Å². The highest BCUT2D eigenvalue weighted by atomic mass is 35.5. The van der Waals surface area contributed by atoms with Crippen molar-refractivity contribution in [3.8, 4) is 5.88 Å². The molecule has 0 spiro atoms. The van der Waals surface area contributed by atoms with Gasteiger partial charge in [-0.15, -0.1) is 0 Å². The molecule has 0 aliphatic carbocycles. The van der Waals surface area contributed by atoms with Gasteiger partial charge in [0.15, 0.2) is 6.10 Å². The Labute approximate surface area is 160 Å². The quantitative estimate of drug-likeness (QED) is 0.656. The number of anilines is 1. The molecule has 0 bridgehead atoms. The van der Waals surface area contributed by atoms with Gasteiger partial charge in [-0.2, -0.15) is 0 Å². The number of benzene rings is 1. The molecule has 0 radical (unpaired) electrons. The Hall–Kier alpha value is -2.51. The number of halogens is 2. The monoisotopic (exact) mass is 397 g/mol. The van der Waals surface area contributed by atoms with E-state index in [1.54, 1.807) is 31.2 Å². The van der Waals surface area contributed by atoms with Crippen LogP contribution in [0.4, 0.5) is 10.5 Å². The Balaban J connectivity index is 1.97. The van der Waals surface area contributed by atoms with Crippen molar-refractivity contribution in [3.63, 3.8) is 0 Å². The van der Waals surface area contributed by atoms with Gasteiger partial charge in [-0.1, -0.05) is 42.3 Å². The van der Waals surface area contributed by atoms with Gasteiger partial charge < -0.3 is 15.2 Å². The van der Waals surface area contributed by atoms with Gasteiger partial charge in [0.1, 0.15) is 5.02 Å². The van der Waals surface area contributed by atoms with Crippen LogP contribution in [0.15, 0.2) is 36.5 Å². The summed E-state index contributed by atoms with van der Waals surface area (Å²) >= 11 is 11.8. The molecule has 2 rings (SSSR count). The van der Waals surface area contributed by atoms with Crippen LogP contribution in [0.5, 0.6) is 5.88 Å². The normalized spacial score (nSPS) is 11.5. The fourth-order valence-corrected chi connectivity index (χ4v) is 2.56. The lowest BCUT2D eigenvalue weighted by atomic mass is 10.2. The summed E-state index contributed by atoms with van der Waals surface area (Å²) in [6.45, 7) is 2.01. The van der Waals surface area contributed by atoms with Gasteiger partial charge in [-0.25, -0.2) is 9.78 Å². The molecule has 138 valence electrons. The Morgan fingerprint density at radius 1 is 1.31 bits per heavy atom. The van der Waals surface area contributed by atoms with E-state index in [4.69, 9.17) is 33.0 Å². The van der Waals surface area contributed by atoms with E-state index >= 15 is 0 Å². The smallest absolute Gasteiger partial charge is 0.409 e. The van der Waals surface area contributed by atoms with Crippen LogP contribution in [0.1, 0.15) is 18.9 Å². The lowest BCUT2D eigenvalue weighted by Crippen LogP contribution is -2.37. The topological polar surface area (TPSA) is 101 Å². The van der Waals surface area contributed by atoms with Crippen molar-refractivity contribution in [1.82, 2.24) is 10.3 Å². The van der Waals surface area contributed by atoms with Crippen molar-refractivity contribution in [2.45, 2.75) is 26.0 Å². The molecule has 1 aromatic carbocycles. The molecule has 26 heavy (non-hydrogen) atoms. The lowest BCUT2D eigenvalue weighted by molar-refractivity contribution is -0.128. The minimum Gasteiger partial charge on any atom is -0.465 e. The minimum absolute atomic E-state index is 0.130. The molecule has 0 saturated carbocycles. The number of carboxylic acid groups (broad SMARTS) is 1. The average Bonchev–Trinajstić information content (AvgIpc) is 2.59. The van der Waals surface area contributed by atoms with E-state index in [1.807, 2.05) is 0 Å². The van der Waals surface area contributed by atoms with Gasteiger partial charge >= 0.3 is 6.09 Å². The van der Waals surface area contributed by atoms with Gasteiger partial charge in [0.25, 0.3) is 5.91 Å². The van der Waals surface area contributed by atoms with Gasteiger partial charge in [0, 0.05) is 18.4 Å². The SMILES string of the molecule is CCC(Oc1ncc(Cl)cc1Cl)C(=O)NCc1cccc(NC(=O)O)c1. The molecule has 1 unspecified atom stereocenters. The van der Waals surface area contributed by atoms with Crippen molar-refractivity contribution in [2.75, 3.05) is 5.32 Å². The third-order valence-corrected chi connectivity index (χ3v) is 3.81. The third-order valence-electron chi connectivity index (χ3n) is 3.34. The van der Waals surface area contributed by atoms with Crippen LogP contribution in [0.25, 0.3) is 0 Å². The number of amides is 2. The molecular weight excluding hydrogens is 381 g/mol. The maximum atomic E-state index is 12.4. The van der Waals surface area contributed by atoms with E-state index in [9.17, 15) is 9.59 Å². The first-order valence-corrected chi connectivity index (χ1v) is 8.49. The summed E-state index contributed by atoms with van der Waals surface area (Å²) in [6.07, 6.45) is -0.138. The van der Waals surface area contributed by atoms with Crippen LogP contribution in [0.2, 0.25) is 10.0 Å². The Kier molecular flexibility index (Phi) is 7.06. The number of ether oxygens (including phenoxy) is 1. The molecule has 0 fully saturated rings. The summed E-state index contributed by atoms with van der Waals surface area (Å²) in [4.78, 5) is 27.0. The highest BCUT2D eigenvalue weighted by Crippen LogP contribution is 2.25. The highest BCUT2D eigenvalue weighted by molar-refractivity contribution is 6.35. The van der Waals surface area contributed by atoms with E-state index in [0.717, 1.165) is 5.56 Å². The van der Waals surface area contributed by atoms with Crippen LogP contribution in [-0.4, -0.2) is 28.2 Å². The maximum absolute atomic E-state index is 12.4. The fourth-order valence-electron chi connectivity index (χ4n) is 2.13. The molecule has 1 heterocycles. The Morgan fingerprint density at radius 2 is 2.08 bits per heavy atom. The maximum Gasteiger partial charge on any atom is 0.409 e. The summed E-state index contributed by atoms with van der Waals surface area (Å²) in [6, 6.07) is 8.20. The predicted molar refractivity (Wildman–Crippen MR) is 98.9 cm³/mol. The van der Waals surface area contributed by atoms with Gasteiger partial charge in [0.05, 0.1) is 5.02 Å². The van der Waals surface area contributed by atoms with Crippen molar-refractivity contribution in [1.29, 1.82) is 0 Å². The van der Waals surface area contributed by atoms with E-state index in [1.165, 1.54) is 12.3 Å². The first-order chi connectivity index (χ1) is 12.4. The molecule has 2 amide bonds. The summed E-state index contributed by atoms with van der Waals surface area (Å²) in [5.74, 6) is -0.206. The number of carbonyl (C=O) groups excluding carboxylic acids is 1. The number of carbonyl (C=O) groups is 2. The Morgan fingerprint density at radius 3 is 2.73 bits per heavy atom. The minimum atomic E-state index is -1.15. The molecule has 3 N–H and O–H groups in total. The first kappa shape index (κ1) is 19.8. The average molecular weight is 398 g/mol. The molecule has 1 atom stereocenters. The summed E-state index contributed by atoms with van der Waals surface area (Å²) in [5.41, 5.74) is 1.16. The van der Waals surface area contributed by atoms with Crippen LogP contribution in [0.3, 0.4) is 0 Å². The van der Waals surface area contributed by atoms with E-state index < -0.39 is 12.2 Å². The standard InChI is InChI=1S/C17H17Cl2N3O4/c1-2-14(26-16-13(19)7-11(18)9-21-16)15(23)20-8-10-4-3-5-12(6-10)22-17(24)25/h3-7,9,14,22H,2,8H2,1H3,(H,20,23)(H,24,25). The molecule has 2 aromatic rings. The van der Waals surface area contributed by atoms with Crippen molar-refractivity contribution in [3.05, 3.63) is 52.1 Å². The first-order valence-electron chi connectivity index (χ1n) is 7.73. The second kappa shape index (κ2) is 9.26.